The van der Waals surface area contributed by atoms with Gasteiger partial charge in [-0.2, -0.15) is 4.72 Å². The molecule has 1 saturated heterocycles. The lowest BCUT2D eigenvalue weighted by atomic mass is 10.1. The summed E-state index contributed by atoms with van der Waals surface area (Å²) in [7, 11) is -4.03. The number of hydrogen-bond donors (Lipinski definition) is 3. The number of alkyl carbamates (subject to hydrolysis) is 1. The Hall–Kier alpha value is -3.28. The molecule has 1 aliphatic heterocycles. The normalized spacial score (nSPS) is 16.1. The number of unbranched alkanes of at least 4 members (excludes halogenated alkanes) is 1. The van der Waals surface area contributed by atoms with Gasteiger partial charge in [0.25, 0.3) is 0 Å². The number of carbonyl (C=O) groups is 3. The van der Waals surface area contributed by atoms with Crippen molar-refractivity contribution >= 4 is 28.1 Å². The minimum atomic E-state index is -4.03. The van der Waals surface area contributed by atoms with Crippen LogP contribution < -0.4 is 15.4 Å². The van der Waals surface area contributed by atoms with Crippen molar-refractivity contribution in [2.75, 3.05) is 13.1 Å². The van der Waals surface area contributed by atoms with Gasteiger partial charge in [0.15, 0.2) is 0 Å². The zero-order valence-corrected chi connectivity index (χ0v) is 21.6. The molecule has 10 nitrogen and oxygen atoms in total. The number of aryl methyl sites for hydroxylation is 1. The number of ether oxygens (including phenoxy) is 2. The third-order valence-corrected chi connectivity index (χ3v) is 7.35. The molecule has 2 aromatic rings. The Morgan fingerprint density at radius 3 is 2.46 bits per heavy atom. The van der Waals surface area contributed by atoms with E-state index < -0.39 is 40.1 Å². The van der Waals surface area contributed by atoms with E-state index in [0.29, 0.717) is 25.8 Å². The molecular weight excluding hydrogens is 498 g/mol. The third kappa shape index (κ3) is 9.27. The van der Waals surface area contributed by atoms with Gasteiger partial charge in [0.1, 0.15) is 18.7 Å². The van der Waals surface area contributed by atoms with Crippen molar-refractivity contribution < 1.29 is 32.3 Å². The molecule has 0 aromatic heterocycles. The molecule has 0 saturated carbocycles. The van der Waals surface area contributed by atoms with Gasteiger partial charge >= 0.3 is 18.0 Å². The molecule has 0 radical (unpaired) electrons. The highest BCUT2D eigenvalue weighted by Crippen LogP contribution is 2.14. The van der Waals surface area contributed by atoms with Crippen LogP contribution in [0.4, 0.5) is 4.79 Å². The third-order valence-electron chi connectivity index (χ3n) is 5.86. The molecule has 200 valence electrons. The molecule has 0 bridgehead atoms. The number of esters is 2. The van der Waals surface area contributed by atoms with Crippen LogP contribution in [0.5, 0.6) is 0 Å². The molecule has 2 atom stereocenters. The Bertz CT molecular complexity index is 1150. The van der Waals surface area contributed by atoms with Crippen LogP contribution in [0.15, 0.2) is 59.5 Å². The van der Waals surface area contributed by atoms with Gasteiger partial charge < -0.3 is 20.1 Å². The van der Waals surface area contributed by atoms with E-state index in [1.54, 1.807) is 12.1 Å². The van der Waals surface area contributed by atoms with Crippen LogP contribution in [0, 0.1) is 6.92 Å². The predicted octanol–water partition coefficient (Wildman–Crippen LogP) is 2.56. The highest BCUT2D eigenvalue weighted by molar-refractivity contribution is 7.89. The van der Waals surface area contributed by atoms with Gasteiger partial charge in [-0.3, -0.25) is 0 Å². The molecule has 3 N–H and O–H groups in total. The molecule has 11 heteroatoms. The van der Waals surface area contributed by atoms with Gasteiger partial charge in [-0.05, 0) is 63.3 Å². The van der Waals surface area contributed by atoms with Crippen molar-refractivity contribution in [3.05, 3.63) is 65.7 Å². The summed E-state index contributed by atoms with van der Waals surface area (Å²) in [5.41, 5.74) is 1.75. The van der Waals surface area contributed by atoms with E-state index in [-0.39, 0.29) is 24.5 Å². The summed E-state index contributed by atoms with van der Waals surface area (Å²) in [6.45, 7) is 2.90. The quantitative estimate of drug-likeness (QED) is 0.216. The second-order valence-electron chi connectivity index (χ2n) is 8.86. The van der Waals surface area contributed by atoms with Crippen molar-refractivity contribution in [2.24, 2.45) is 0 Å². The number of sulfonamides is 1. The number of rotatable bonds is 12. The van der Waals surface area contributed by atoms with E-state index in [9.17, 15) is 22.8 Å². The molecule has 1 fully saturated rings. The topological polar surface area (TPSA) is 140 Å². The molecule has 0 spiro atoms. The fraction of sp³-hybridized carbons (Fsp3) is 0.423. The van der Waals surface area contributed by atoms with Gasteiger partial charge in [0.05, 0.1) is 4.90 Å². The average Bonchev–Trinajstić information content (AvgIpc) is 3.43. The summed E-state index contributed by atoms with van der Waals surface area (Å²) in [4.78, 5) is 37.0. The van der Waals surface area contributed by atoms with Crippen molar-refractivity contribution in [3.8, 4) is 0 Å². The van der Waals surface area contributed by atoms with Crippen LogP contribution in [0.3, 0.4) is 0 Å². The van der Waals surface area contributed by atoms with E-state index >= 15 is 0 Å². The molecule has 0 unspecified atom stereocenters. The van der Waals surface area contributed by atoms with Crippen molar-refractivity contribution in [2.45, 2.75) is 62.6 Å². The summed E-state index contributed by atoms with van der Waals surface area (Å²) in [5.74, 6) is -1.67. The van der Waals surface area contributed by atoms with Gasteiger partial charge in [-0.1, -0.05) is 48.0 Å². The van der Waals surface area contributed by atoms with Gasteiger partial charge in [-0.25, -0.2) is 22.8 Å². The van der Waals surface area contributed by atoms with E-state index in [1.807, 2.05) is 37.3 Å². The first kappa shape index (κ1) is 28.3. The molecule has 1 aliphatic rings. The van der Waals surface area contributed by atoms with E-state index in [0.717, 1.165) is 17.5 Å². The maximum Gasteiger partial charge on any atom is 0.407 e. The largest absolute Gasteiger partial charge is 0.445 e. The summed E-state index contributed by atoms with van der Waals surface area (Å²) in [6.07, 6.45) is 1.68. The van der Waals surface area contributed by atoms with E-state index in [2.05, 4.69) is 15.4 Å². The van der Waals surface area contributed by atoms with Crippen molar-refractivity contribution in [3.63, 3.8) is 0 Å². The summed E-state index contributed by atoms with van der Waals surface area (Å²) >= 11 is 0. The van der Waals surface area contributed by atoms with Gasteiger partial charge in [-0.15, -0.1) is 0 Å². The van der Waals surface area contributed by atoms with Crippen LogP contribution in [0.2, 0.25) is 0 Å². The minimum Gasteiger partial charge on any atom is -0.445 e. The Labute approximate surface area is 217 Å². The second kappa shape index (κ2) is 13.9. The number of hydrogen-bond acceptors (Lipinski definition) is 8. The Morgan fingerprint density at radius 1 is 1.05 bits per heavy atom. The smallest absolute Gasteiger partial charge is 0.407 e. The monoisotopic (exact) mass is 531 g/mol. The Morgan fingerprint density at radius 2 is 1.78 bits per heavy atom. The van der Waals surface area contributed by atoms with Crippen molar-refractivity contribution in [1.29, 1.82) is 0 Å². The Balaban J connectivity index is 1.52. The number of amides is 1. The molecule has 0 aliphatic carbocycles. The fourth-order valence-electron chi connectivity index (χ4n) is 3.76. The first-order valence-corrected chi connectivity index (χ1v) is 13.8. The molecule has 2 aromatic carbocycles. The lowest BCUT2D eigenvalue weighted by Crippen LogP contribution is -2.44. The Kier molecular flexibility index (Phi) is 10.6. The second-order valence-corrected chi connectivity index (χ2v) is 10.6. The highest BCUT2D eigenvalue weighted by Gasteiger charge is 2.31. The fourth-order valence-corrected chi connectivity index (χ4v) is 4.98. The van der Waals surface area contributed by atoms with Crippen LogP contribution in [-0.2, 0) is 35.7 Å². The minimum absolute atomic E-state index is 0.00233. The zero-order chi connectivity index (χ0) is 26.7. The highest BCUT2D eigenvalue weighted by atomic mass is 32.2. The summed E-state index contributed by atoms with van der Waals surface area (Å²) in [6, 6.07) is 13.6. The van der Waals surface area contributed by atoms with Crippen LogP contribution in [0.25, 0.3) is 0 Å². The lowest BCUT2D eigenvalue weighted by Gasteiger charge is -2.18. The van der Waals surface area contributed by atoms with E-state index in [1.165, 1.54) is 12.1 Å². The number of benzene rings is 2. The maximum atomic E-state index is 12.9. The van der Waals surface area contributed by atoms with Crippen LogP contribution in [-0.4, -0.2) is 51.6 Å². The van der Waals surface area contributed by atoms with Crippen LogP contribution >= 0.6 is 0 Å². The zero-order valence-electron chi connectivity index (χ0n) is 20.8. The predicted molar refractivity (Wildman–Crippen MR) is 136 cm³/mol. The standard InChI is InChI=1S/C26H33N3O7S/c1-19-12-14-21(15-13-19)37(33,34)29-23(25(31)36-24(30)22-11-7-17-27-22)10-5-6-16-28-26(32)35-18-20-8-3-2-4-9-20/h2-4,8-9,12-15,22-23,27,29H,5-7,10-11,16-18H2,1H3,(H,28,32)/t22-,23-/m0/s1. The summed E-state index contributed by atoms with van der Waals surface area (Å²) in [5, 5.41) is 5.58. The molecular formula is C26H33N3O7S. The average molecular weight is 532 g/mol. The molecule has 37 heavy (non-hydrogen) atoms. The first-order chi connectivity index (χ1) is 17.7. The maximum absolute atomic E-state index is 12.9. The summed E-state index contributed by atoms with van der Waals surface area (Å²) < 4.78 is 38.3. The van der Waals surface area contributed by atoms with Crippen LogP contribution in [0.1, 0.15) is 43.2 Å². The van der Waals surface area contributed by atoms with Crippen molar-refractivity contribution in [1.82, 2.24) is 15.4 Å². The molecule has 1 amide bonds. The lowest BCUT2D eigenvalue weighted by molar-refractivity contribution is -0.162. The number of carbonyl (C=O) groups excluding carboxylic acids is 3. The number of nitrogens with one attached hydrogen (secondary N) is 3. The van der Waals surface area contributed by atoms with Gasteiger partial charge in [0, 0.05) is 6.54 Å². The SMILES string of the molecule is Cc1ccc(S(=O)(=O)N[C@@H](CCCCNC(=O)OCc2ccccc2)C(=O)OC(=O)[C@@H]2CCCN2)cc1. The molecule has 1 heterocycles. The molecule has 3 rings (SSSR count). The first-order valence-electron chi connectivity index (χ1n) is 12.3. The van der Waals surface area contributed by atoms with E-state index in [4.69, 9.17) is 9.47 Å². The van der Waals surface area contributed by atoms with Gasteiger partial charge in [0.2, 0.25) is 10.0 Å².